The Kier molecular flexibility index (Phi) is 6.34. The molecule has 1 N–H and O–H groups in total. The van der Waals surface area contributed by atoms with Crippen LogP contribution in [0.25, 0.3) is 10.4 Å². The summed E-state index contributed by atoms with van der Waals surface area (Å²) >= 11 is 0. The van der Waals surface area contributed by atoms with E-state index in [4.69, 9.17) is 15.0 Å². The number of aliphatic hydroxyl groups is 1. The fraction of sp³-hybridized carbons (Fsp3) is 1.00. The molecule has 0 unspecified atom stereocenters. The Morgan fingerprint density at radius 3 is 2.04 bits per heavy atom. The van der Waals surface area contributed by atoms with Crippen LogP contribution in [0.1, 0.15) is 0 Å². The quantitative estimate of drug-likeness (QED) is 0.234. The molecule has 3 atom stereocenters. The van der Waals surface area contributed by atoms with Gasteiger partial charge < -0.3 is 14.6 Å². The molecule has 1 aliphatic heterocycles. The van der Waals surface area contributed by atoms with E-state index < -0.39 is 57.5 Å². The summed E-state index contributed by atoms with van der Waals surface area (Å²) in [5.41, 5.74) is 6.75. The number of nitrogens with zero attached hydrogens (tertiary/aromatic N) is 3. The first-order valence-corrected chi connectivity index (χ1v) is 9.69. The molecule has 0 aromatic heterocycles. The van der Waals surface area contributed by atoms with E-state index >= 15 is 0 Å². The highest BCUT2D eigenvalue weighted by Crippen LogP contribution is 2.35. The summed E-state index contributed by atoms with van der Waals surface area (Å²) in [5, 5.41) is 13.4. The zero-order valence-corrected chi connectivity index (χ0v) is 14.2. The summed E-state index contributed by atoms with van der Waals surface area (Å²) in [6.07, 6.45) is -1.25. The molecular weight excluding hydrogens is 358 g/mol. The van der Waals surface area contributed by atoms with Crippen molar-refractivity contribution < 1.29 is 39.8 Å². The number of ether oxygens (including phenoxy) is 2. The summed E-state index contributed by atoms with van der Waals surface area (Å²) < 4.78 is 64.2. The van der Waals surface area contributed by atoms with E-state index in [1.807, 2.05) is 0 Å². The number of hydrogen-bond acceptors (Lipinski definition) is 10. The molecule has 23 heavy (non-hydrogen) atoms. The van der Waals surface area contributed by atoms with Crippen molar-refractivity contribution in [2.75, 3.05) is 32.8 Å². The van der Waals surface area contributed by atoms with Crippen molar-refractivity contribution in [2.45, 2.75) is 24.0 Å². The fourth-order valence-corrected chi connectivity index (χ4v) is 2.77. The van der Waals surface area contributed by atoms with Gasteiger partial charge in [-0.25, -0.2) is 0 Å². The molecule has 0 radical (unpaired) electrons. The van der Waals surface area contributed by atoms with Crippen LogP contribution in [0, 0.1) is 0 Å². The van der Waals surface area contributed by atoms with Crippen molar-refractivity contribution in [3.05, 3.63) is 10.4 Å². The van der Waals surface area contributed by atoms with E-state index in [0.717, 1.165) is 12.5 Å². The number of methoxy groups -OCH3 is 1. The molecule has 12 nitrogen and oxygen atoms in total. The molecule has 1 heterocycles. The van der Waals surface area contributed by atoms with Crippen LogP contribution < -0.4 is 0 Å². The van der Waals surface area contributed by atoms with Crippen molar-refractivity contribution in [3.8, 4) is 0 Å². The highest BCUT2D eigenvalue weighted by molar-refractivity contribution is 7.86. The maximum Gasteiger partial charge on any atom is 0.264 e. The average Bonchev–Trinajstić information content (AvgIpc) is 2.68. The van der Waals surface area contributed by atoms with Crippen molar-refractivity contribution in [1.29, 1.82) is 0 Å². The van der Waals surface area contributed by atoms with Gasteiger partial charge >= 0.3 is 0 Å². The smallest absolute Gasteiger partial charge is 0.264 e. The fourth-order valence-electron chi connectivity index (χ4n) is 1.94. The summed E-state index contributed by atoms with van der Waals surface area (Å²) in [7, 11) is -6.67. The predicted molar refractivity (Wildman–Crippen MR) is 75.1 cm³/mol. The van der Waals surface area contributed by atoms with Crippen molar-refractivity contribution in [2.24, 2.45) is 5.11 Å². The second-order valence-electron chi connectivity index (χ2n) is 4.86. The van der Waals surface area contributed by atoms with E-state index in [1.165, 1.54) is 7.11 Å². The third-order valence-electron chi connectivity index (χ3n) is 2.94. The molecule has 0 aromatic rings. The molecule has 1 rings (SSSR count). The Morgan fingerprint density at radius 1 is 1.22 bits per heavy atom. The molecule has 14 heteroatoms. The predicted octanol–water partition coefficient (Wildman–Crippen LogP) is -1.28. The minimum Gasteiger partial charge on any atom is -0.387 e. The molecule has 1 fully saturated rings. The van der Waals surface area contributed by atoms with Crippen LogP contribution in [0.15, 0.2) is 5.11 Å². The maximum atomic E-state index is 11.2. The zero-order valence-electron chi connectivity index (χ0n) is 12.5. The molecule has 0 aliphatic carbocycles. The van der Waals surface area contributed by atoms with Crippen LogP contribution in [0.2, 0.25) is 0 Å². The van der Waals surface area contributed by atoms with Gasteiger partial charge in [-0.15, -0.1) is 0 Å². The molecule has 0 saturated carbocycles. The van der Waals surface area contributed by atoms with E-state index in [9.17, 15) is 21.9 Å². The van der Waals surface area contributed by atoms with Gasteiger partial charge in [0, 0.05) is 12.0 Å². The molecule has 1 aliphatic rings. The largest absolute Gasteiger partial charge is 0.387 e. The highest BCUT2D eigenvalue weighted by Gasteiger charge is 2.56. The number of aliphatic hydroxyl groups excluding tert-OH is 1. The van der Waals surface area contributed by atoms with E-state index in [2.05, 4.69) is 18.4 Å². The van der Waals surface area contributed by atoms with Crippen LogP contribution in [0.3, 0.4) is 0 Å². The lowest BCUT2D eigenvalue weighted by Gasteiger charge is -2.30. The van der Waals surface area contributed by atoms with E-state index in [-0.39, 0.29) is 0 Å². The molecule has 1 saturated heterocycles. The Balaban J connectivity index is 3.21. The average molecular weight is 375 g/mol. The van der Waals surface area contributed by atoms with Gasteiger partial charge in [-0.1, -0.05) is 5.11 Å². The van der Waals surface area contributed by atoms with Crippen molar-refractivity contribution in [3.63, 3.8) is 0 Å². The SMILES string of the molecule is CO[C@@H]1OC(COS(C)(=O)=O)(COS(C)(=O)=O)[C@@H](N=[N+]=[N-])[C@H]1O. The summed E-state index contributed by atoms with van der Waals surface area (Å²) in [5.74, 6) is 0. The van der Waals surface area contributed by atoms with Gasteiger partial charge in [0.05, 0.1) is 25.7 Å². The molecule has 134 valence electrons. The second kappa shape index (κ2) is 7.27. The van der Waals surface area contributed by atoms with Crippen LogP contribution in [-0.4, -0.2) is 78.8 Å². The van der Waals surface area contributed by atoms with Crippen molar-refractivity contribution in [1.82, 2.24) is 0 Å². The minimum absolute atomic E-state index is 0.748. The maximum absolute atomic E-state index is 11.2. The van der Waals surface area contributed by atoms with Gasteiger partial charge in [0.2, 0.25) is 0 Å². The third-order valence-corrected chi connectivity index (χ3v) is 4.03. The molecule has 0 aromatic carbocycles. The first kappa shape index (κ1) is 20.1. The lowest BCUT2D eigenvalue weighted by Crippen LogP contribution is -2.50. The van der Waals surface area contributed by atoms with Gasteiger partial charge in [0.15, 0.2) is 6.29 Å². The van der Waals surface area contributed by atoms with Crippen LogP contribution in [-0.2, 0) is 38.1 Å². The third kappa shape index (κ3) is 5.54. The molecule has 0 amide bonds. The molecular formula is C9H17N3O9S2. The topological polar surface area (TPSA) is 174 Å². The van der Waals surface area contributed by atoms with Gasteiger partial charge in [0.1, 0.15) is 17.7 Å². The minimum atomic E-state index is -3.93. The number of hydrogen-bond donors (Lipinski definition) is 1. The second-order valence-corrected chi connectivity index (χ2v) is 8.15. The van der Waals surface area contributed by atoms with E-state index in [1.54, 1.807) is 0 Å². The van der Waals surface area contributed by atoms with Crippen molar-refractivity contribution >= 4 is 20.2 Å². The highest BCUT2D eigenvalue weighted by atomic mass is 32.2. The Hall–Kier alpha value is -0.990. The van der Waals surface area contributed by atoms with Crippen LogP contribution >= 0.6 is 0 Å². The summed E-state index contributed by atoms with van der Waals surface area (Å²) in [4.78, 5) is 2.54. The molecule has 0 bridgehead atoms. The zero-order chi connectivity index (χ0) is 17.9. The Bertz CT molecular complexity index is 634. The van der Waals surface area contributed by atoms with Gasteiger partial charge in [-0.05, 0) is 5.53 Å². The monoisotopic (exact) mass is 375 g/mol. The summed E-state index contributed by atoms with van der Waals surface area (Å²) in [6, 6.07) is -1.40. The Labute approximate surface area is 133 Å². The lowest BCUT2D eigenvalue weighted by atomic mass is 9.95. The van der Waals surface area contributed by atoms with Gasteiger partial charge in [-0.3, -0.25) is 8.37 Å². The lowest BCUT2D eigenvalue weighted by molar-refractivity contribution is -0.190. The van der Waals surface area contributed by atoms with E-state index in [0.29, 0.717) is 0 Å². The number of rotatable bonds is 8. The summed E-state index contributed by atoms with van der Waals surface area (Å²) in [6.45, 7) is -1.50. The Morgan fingerprint density at radius 2 is 1.70 bits per heavy atom. The first-order valence-electron chi connectivity index (χ1n) is 6.06. The van der Waals surface area contributed by atoms with Crippen LogP contribution in [0.4, 0.5) is 0 Å². The molecule has 0 spiro atoms. The number of azide groups is 1. The van der Waals surface area contributed by atoms with Gasteiger partial charge in [-0.2, -0.15) is 16.8 Å². The van der Waals surface area contributed by atoms with Crippen LogP contribution in [0.5, 0.6) is 0 Å². The van der Waals surface area contributed by atoms with Gasteiger partial charge in [0.25, 0.3) is 20.2 Å². The standard InChI is InChI=1S/C9H17N3O9S2/c1-18-8-6(13)7(11-12-10)9(21-8,4-19-22(2,14)15)5-20-23(3,16)17/h6-8,13H,4-5H2,1-3H3/t6-,7+,8-/m1/s1. The normalized spacial score (nSPS) is 27.6. The first-order chi connectivity index (χ1) is 10.4.